The van der Waals surface area contributed by atoms with E-state index in [4.69, 9.17) is 5.11 Å². The average Bonchev–Trinajstić information content (AvgIpc) is 2.32. The Hall–Kier alpha value is -0.480. The van der Waals surface area contributed by atoms with Gasteiger partial charge in [-0.1, -0.05) is 25.8 Å². The van der Waals surface area contributed by atoms with Crippen LogP contribution in [0.1, 0.15) is 46.0 Å². The van der Waals surface area contributed by atoms with Gasteiger partial charge in [0, 0.05) is 24.5 Å². The summed E-state index contributed by atoms with van der Waals surface area (Å²) in [4.78, 5) is 12.1. The van der Waals surface area contributed by atoms with E-state index < -0.39 is 0 Å². The van der Waals surface area contributed by atoms with Crippen LogP contribution in [0.2, 0.25) is 0 Å². The van der Waals surface area contributed by atoms with Crippen molar-refractivity contribution in [1.82, 2.24) is 5.32 Å². The van der Waals surface area contributed by atoms with Crippen LogP contribution in [-0.2, 0) is 4.79 Å². The summed E-state index contributed by atoms with van der Waals surface area (Å²) < 4.78 is 0. The molecule has 2 N–H and O–H groups in total. The van der Waals surface area contributed by atoms with Gasteiger partial charge >= 0.3 is 0 Å². The Morgan fingerprint density at radius 2 is 2.26 bits per heavy atom. The van der Waals surface area contributed by atoms with Gasteiger partial charge in [0.15, 0.2) is 0 Å². The molecule has 0 aliphatic heterocycles. The molecular weight excluding hydrogens is 258 g/mol. The fraction of sp³-hybridized carbons (Fsp3) is 0.800. The Kier molecular flexibility index (Phi) is 6.94. The number of aliphatic hydroxyl groups excluding tert-OH is 1. The van der Waals surface area contributed by atoms with E-state index in [2.05, 4.69) is 19.2 Å². The maximum absolute atomic E-state index is 12.1. The Morgan fingerprint density at radius 3 is 2.84 bits per heavy atom. The van der Waals surface area contributed by atoms with Crippen LogP contribution in [0.3, 0.4) is 0 Å². The molecule has 1 aliphatic carbocycles. The number of carbonyl (C=O) groups is 1. The summed E-state index contributed by atoms with van der Waals surface area (Å²) in [7, 11) is 0. The lowest BCUT2D eigenvalue weighted by Gasteiger charge is -2.32. The molecule has 0 saturated heterocycles. The first-order valence-electron chi connectivity index (χ1n) is 7.11. The molecule has 1 atom stereocenters. The lowest BCUT2D eigenvalue weighted by Crippen LogP contribution is -2.37. The molecule has 0 heterocycles. The lowest BCUT2D eigenvalue weighted by atomic mass is 9.73. The van der Waals surface area contributed by atoms with Crippen LogP contribution in [0, 0.1) is 5.41 Å². The molecule has 110 valence electrons. The quantitative estimate of drug-likeness (QED) is 0.738. The minimum absolute atomic E-state index is 0.00234. The van der Waals surface area contributed by atoms with Crippen LogP contribution < -0.4 is 5.32 Å². The monoisotopic (exact) mass is 285 g/mol. The van der Waals surface area contributed by atoms with E-state index in [0.29, 0.717) is 6.42 Å². The van der Waals surface area contributed by atoms with Crippen LogP contribution in [0.15, 0.2) is 11.6 Å². The van der Waals surface area contributed by atoms with E-state index in [1.165, 1.54) is 18.4 Å². The number of carbonyl (C=O) groups excluding carboxylic acids is 1. The Bertz CT molecular complexity index is 320. The first-order valence-corrected chi connectivity index (χ1v) is 8.50. The third-order valence-electron chi connectivity index (χ3n) is 3.86. The SMILES string of the molecule is CSCC(CCO)NC(=O)/C=C1/CCCCC1(C)C. The molecule has 1 aliphatic rings. The number of amides is 1. The van der Waals surface area contributed by atoms with Crippen molar-refractivity contribution < 1.29 is 9.90 Å². The van der Waals surface area contributed by atoms with Gasteiger partial charge in [0.25, 0.3) is 0 Å². The smallest absolute Gasteiger partial charge is 0.244 e. The van der Waals surface area contributed by atoms with E-state index in [-0.39, 0.29) is 24.0 Å². The number of thioether (sulfide) groups is 1. The number of allylic oxidation sites excluding steroid dienone is 1. The van der Waals surface area contributed by atoms with Crippen LogP contribution in [0.25, 0.3) is 0 Å². The molecule has 4 heteroatoms. The maximum Gasteiger partial charge on any atom is 0.244 e. The van der Waals surface area contributed by atoms with Crippen molar-refractivity contribution in [3.05, 3.63) is 11.6 Å². The molecule has 1 amide bonds. The van der Waals surface area contributed by atoms with Crippen molar-refractivity contribution >= 4 is 17.7 Å². The van der Waals surface area contributed by atoms with Gasteiger partial charge in [0.1, 0.15) is 0 Å². The Labute approximate surface area is 121 Å². The second-order valence-electron chi connectivity index (χ2n) is 5.93. The van der Waals surface area contributed by atoms with Crippen LogP contribution in [0.5, 0.6) is 0 Å². The second kappa shape index (κ2) is 7.95. The lowest BCUT2D eigenvalue weighted by molar-refractivity contribution is -0.117. The van der Waals surface area contributed by atoms with Gasteiger partial charge in [-0.25, -0.2) is 0 Å². The molecular formula is C15H27NO2S. The third kappa shape index (κ3) is 5.57. The van der Waals surface area contributed by atoms with Gasteiger partial charge in [0.2, 0.25) is 5.91 Å². The minimum atomic E-state index is -0.00234. The van der Waals surface area contributed by atoms with Gasteiger partial charge in [0.05, 0.1) is 0 Å². The molecule has 0 radical (unpaired) electrons. The van der Waals surface area contributed by atoms with Gasteiger partial charge in [-0.15, -0.1) is 0 Å². The maximum atomic E-state index is 12.1. The molecule has 19 heavy (non-hydrogen) atoms. The van der Waals surface area contributed by atoms with E-state index in [9.17, 15) is 4.79 Å². The van der Waals surface area contributed by atoms with E-state index in [0.717, 1.165) is 18.6 Å². The highest BCUT2D eigenvalue weighted by atomic mass is 32.2. The highest BCUT2D eigenvalue weighted by Gasteiger charge is 2.27. The molecule has 0 aromatic carbocycles. The van der Waals surface area contributed by atoms with Crippen LogP contribution >= 0.6 is 11.8 Å². The number of hydrogen-bond donors (Lipinski definition) is 2. The van der Waals surface area contributed by atoms with Crippen LogP contribution in [0.4, 0.5) is 0 Å². The van der Waals surface area contributed by atoms with Crippen molar-refractivity contribution in [3.63, 3.8) is 0 Å². The average molecular weight is 285 g/mol. The zero-order chi connectivity index (χ0) is 14.3. The topological polar surface area (TPSA) is 49.3 Å². The fourth-order valence-electron chi connectivity index (χ4n) is 2.60. The molecule has 0 aromatic rings. The van der Waals surface area contributed by atoms with E-state index in [1.54, 1.807) is 17.8 Å². The van der Waals surface area contributed by atoms with Gasteiger partial charge in [-0.05, 0) is 37.4 Å². The predicted molar refractivity (Wildman–Crippen MR) is 82.3 cm³/mol. The van der Waals surface area contributed by atoms with Gasteiger partial charge in [-0.2, -0.15) is 11.8 Å². The molecule has 1 unspecified atom stereocenters. The Balaban J connectivity index is 2.61. The number of nitrogens with one attached hydrogen (secondary N) is 1. The molecule has 3 nitrogen and oxygen atoms in total. The summed E-state index contributed by atoms with van der Waals surface area (Å²) in [5.74, 6) is 0.844. The fourth-order valence-corrected chi connectivity index (χ4v) is 3.26. The third-order valence-corrected chi connectivity index (χ3v) is 4.60. The van der Waals surface area contributed by atoms with Crippen molar-refractivity contribution in [2.24, 2.45) is 5.41 Å². The summed E-state index contributed by atoms with van der Waals surface area (Å²) in [5, 5.41) is 12.0. The van der Waals surface area contributed by atoms with Crippen LogP contribution in [-0.4, -0.2) is 35.7 Å². The van der Waals surface area contributed by atoms with Gasteiger partial charge < -0.3 is 10.4 Å². The molecule has 1 rings (SSSR count). The zero-order valence-electron chi connectivity index (χ0n) is 12.4. The second-order valence-corrected chi connectivity index (χ2v) is 6.84. The summed E-state index contributed by atoms with van der Waals surface area (Å²) in [6.45, 7) is 4.56. The first-order chi connectivity index (χ1) is 8.99. The van der Waals surface area contributed by atoms with Crippen molar-refractivity contribution in [1.29, 1.82) is 0 Å². The van der Waals surface area contributed by atoms with Crippen molar-refractivity contribution in [3.8, 4) is 0 Å². The molecule has 0 aromatic heterocycles. The van der Waals surface area contributed by atoms with Crippen molar-refractivity contribution in [2.45, 2.75) is 52.0 Å². The molecule has 1 fully saturated rings. The first kappa shape index (κ1) is 16.6. The Morgan fingerprint density at radius 1 is 1.53 bits per heavy atom. The number of rotatable bonds is 6. The minimum Gasteiger partial charge on any atom is -0.396 e. The molecule has 0 bridgehead atoms. The summed E-state index contributed by atoms with van der Waals surface area (Å²) in [5.41, 5.74) is 1.42. The summed E-state index contributed by atoms with van der Waals surface area (Å²) in [6.07, 6.45) is 9.08. The highest BCUT2D eigenvalue weighted by molar-refractivity contribution is 7.98. The van der Waals surface area contributed by atoms with Gasteiger partial charge in [-0.3, -0.25) is 4.79 Å². The summed E-state index contributed by atoms with van der Waals surface area (Å²) >= 11 is 1.69. The van der Waals surface area contributed by atoms with E-state index in [1.807, 2.05) is 6.26 Å². The number of hydrogen-bond acceptors (Lipinski definition) is 3. The normalized spacial score (nSPS) is 22.2. The predicted octanol–water partition coefficient (Wildman–Crippen LogP) is 2.74. The zero-order valence-corrected chi connectivity index (χ0v) is 13.2. The molecule has 0 spiro atoms. The highest BCUT2D eigenvalue weighted by Crippen LogP contribution is 2.39. The largest absolute Gasteiger partial charge is 0.396 e. The van der Waals surface area contributed by atoms with E-state index >= 15 is 0 Å². The van der Waals surface area contributed by atoms with Crippen molar-refractivity contribution in [2.75, 3.05) is 18.6 Å². The summed E-state index contributed by atoms with van der Waals surface area (Å²) in [6, 6.07) is 0.0658. The standard InChI is InChI=1S/C15H27NO2S/c1-15(2)8-5-4-6-12(15)10-14(18)16-13(7-9-17)11-19-3/h10,13,17H,4-9,11H2,1-3H3,(H,16,18)/b12-10-. The molecule has 1 saturated carbocycles. The number of aliphatic hydroxyl groups is 1.